The van der Waals surface area contributed by atoms with Crippen LogP contribution in [0.2, 0.25) is 0 Å². The summed E-state index contributed by atoms with van der Waals surface area (Å²) in [4.78, 5) is 0. The quantitative estimate of drug-likeness (QED) is 0.840. The molecule has 1 aliphatic carbocycles. The van der Waals surface area contributed by atoms with Crippen LogP contribution < -0.4 is 5.32 Å². The molecule has 0 bridgehead atoms. The molecular weight excluding hydrogens is 213 g/mol. The Bertz CT molecular complexity index is 375. The first kappa shape index (κ1) is 12.6. The van der Waals surface area contributed by atoms with E-state index in [1.54, 1.807) is 12.1 Å². The van der Waals surface area contributed by atoms with Crippen molar-refractivity contribution in [2.75, 3.05) is 0 Å². The molecule has 1 aromatic carbocycles. The molecule has 1 aliphatic rings. The lowest BCUT2D eigenvalue weighted by Gasteiger charge is -2.29. The van der Waals surface area contributed by atoms with E-state index in [0.717, 1.165) is 18.0 Å². The molecule has 1 N–H and O–H groups in total. The smallest absolute Gasteiger partial charge is 0.123 e. The summed E-state index contributed by atoms with van der Waals surface area (Å²) >= 11 is 0. The van der Waals surface area contributed by atoms with E-state index in [2.05, 4.69) is 12.2 Å². The zero-order valence-electron chi connectivity index (χ0n) is 10.8. The second-order valence-corrected chi connectivity index (χ2v) is 5.32. The van der Waals surface area contributed by atoms with Crippen LogP contribution in [0.4, 0.5) is 4.39 Å². The second-order valence-electron chi connectivity index (χ2n) is 5.32. The van der Waals surface area contributed by atoms with E-state index < -0.39 is 0 Å². The SMILES string of the molecule is Cc1cc(F)ccc1CNC1CCCCC1C. The Morgan fingerprint density at radius 2 is 2.06 bits per heavy atom. The fourth-order valence-electron chi connectivity index (χ4n) is 2.72. The van der Waals surface area contributed by atoms with Crippen molar-refractivity contribution in [2.24, 2.45) is 5.92 Å². The van der Waals surface area contributed by atoms with Crippen LogP contribution in [-0.2, 0) is 6.54 Å². The average molecular weight is 235 g/mol. The summed E-state index contributed by atoms with van der Waals surface area (Å²) in [5, 5.41) is 3.63. The lowest BCUT2D eigenvalue weighted by Crippen LogP contribution is -2.36. The first-order valence-corrected chi connectivity index (χ1v) is 6.65. The van der Waals surface area contributed by atoms with Crippen LogP contribution in [0.5, 0.6) is 0 Å². The van der Waals surface area contributed by atoms with Crippen LogP contribution in [0.1, 0.15) is 43.7 Å². The van der Waals surface area contributed by atoms with Crippen LogP contribution in [-0.4, -0.2) is 6.04 Å². The van der Waals surface area contributed by atoms with Crippen molar-refractivity contribution in [1.29, 1.82) is 0 Å². The standard InChI is InChI=1S/C15H22FN/c1-11-5-3-4-6-15(11)17-10-13-7-8-14(16)9-12(13)2/h7-9,11,15,17H,3-6,10H2,1-2H3. The van der Waals surface area contributed by atoms with Crippen molar-refractivity contribution >= 4 is 0 Å². The number of rotatable bonds is 3. The third-order valence-corrected chi connectivity index (χ3v) is 3.97. The number of hydrogen-bond acceptors (Lipinski definition) is 1. The van der Waals surface area contributed by atoms with Crippen molar-refractivity contribution in [3.8, 4) is 0 Å². The summed E-state index contributed by atoms with van der Waals surface area (Å²) in [6.07, 6.45) is 5.32. The summed E-state index contributed by atoms with van der Waals surface area (Å²) in [6, 6.07) is 5.69. The molecule has 0 heterocycles. The molecule has 2 heteroatoms. The third-order valence-electron chi connectivity index (χ3n) is 3.97. The Labute approximate surface area is 103 Å². The van der Waals surface area contributed by atoms with Crippen molar-refractivity contribution in [3.05, 3.63) is 35.1 Å². The lowest BCUT2D eigenvalue weighted by molar-refractivity contribution is 0.279. The van der Waals surface area contributed by atoms with Gasteiger partial charge in [0.15, 0.2) is 0 Å². The van der Waals surface area contributed by atoms with Gasteiger partial charge in [-0.3, -0.25) is 0 Å². The van der Waals surface area contributed by atoms with E-state index in [4.69, 9.17) is 0 Å². The number of benzene rings is 1. The number of halogens is 1. The maximum absolute atomic E-state index is 13.0. The molecule has 0 amide bonds. The van der Waals surface area contributed by atoms with Crippen molar-refractivity contribution in [1.82, 2.24) is 5.32 Å². The van der Waals surface area contributed by atoms with Gasteiger partial charge in [0.1, 0.15) is 5.82 Å². The van der Waals surface area contributed by atoms with Crippen LogP contribution in [0.25, 0.3) is 0 Å². The maximum Gasteiger partial charge on any atom is 0.123 e. The molecule has 1 aromatic rings. The average Bonchev–Trinajstić information content (AvgIpc) is 2.30. The fraction of sp³-hybridized carbons (Fsp3) is 0.600. The third kappa shape index (κ3) is 3.29. The Kier molecular flexibility index (Phi) is 4.16. The number of aryl methyl sites for hydroxylation is 1. The normalized spacial score (nSPS) is 24.9. The van der Waals surface area contributed by atoms with Crippen LogP contribution in [0, 0.1) is 18.7 Å². The lowest BCUT2D eigenvalue weighted by atomic mass is 9.86. The van der Waals surface area contributed by atoms with Gasteiger partial charge >= 0.3 is 0 Å². The first-order valence-electron chi connectivity index (χ1n) is 6.65. The predicted molar refractivity (Wildman–Crippen MR) is 69.4 cm³/mol. The monoisotopic (exact) mass is 235 g/mol. The molecule has 94 valence electrons. The molecule has 17 heavy (non-hydrogen) atoms. The number of nitrogens with one attached hydrogen (secondary N) is 1. The molecule has 2 rings (SSSR count). The minimum Gasteiger partial charge on any atom is -0.310 e. The highest BCUT2D eigenvalue weighted by molar-refractivity contribution is 5.26. The fourth-order valence-corrected chi connectivity index (χ4v) is 2.72. The first-order chi connectivity index (χ1) is 8.16. The van der Waals surface area contributed by atoms with E-state index in [0.29, 0.717) is 6.04 Å². The zero-order chi connectivity index (χ0) is 12.3. The molecule has 0 aliphatic heterocycles. The maximum atomic E-state index is 13.0. The summed E-state index contributed by atoms with van der Waals surface area (Å²) in [6.45, 7) is 5.17. The highest BCUT2D eigenvalue weighted by Gasteiger charge is 2.20. The van der Waals surface area contributed by atoms with Crippen molar-refractivity contribution in [3.63, 3.8) is 0 Å². The molecule has 0 spiro atoms. The van der Waals surface area contributed by atoms with Crippen LogP contribution in [0.15, 0.2) is 18.2 Å². The molecule has 0 saturated heterocycles. The van der Waals surface area contributed by atoms with Gasteiger partial charge in [-0.15, -0.1) is 0 Å². The van der Waals surface area contributed by atoms with Crippen LogP contribution in [0.3, 0.4) is 0 Å². The summed E-state index contributed by atoms with van der Waals surface area (Å²) < 4.78 is 13.0. The van der Waals surface area contributed by atoms with Gasteiger partial charge in [-0.2, -0.15) is 0 Å². The minimum atomic E-state index is -0.141. The molecular formula is C15H22FN. The molecule has 0 aromatic heterocycles. The van der Waals surface area contributed by atoms with Crippen LogP contribution >= 0.6 is 0 Å². The summed E-state index contributed by atoms with van der Waals surface area (Å²) in [5.74, 6) is 0.627. The minimum absolute atomic E-state index is 0.141. The second kappa shape index (κ2) is 5.63. The van der Waals surface area contributed by atoms with Gasteiger partial charge in [-0.05, 0) is 48.9 Å². The Morgan fingerprint density at radius 1 is 1.29 bits per heavy atom. The molecule has 1 saturated carbocycles. The highest BCUT2D eigenvalue weighted by Crippen LogP contribution is 2.24. The van der Waals surface area contributed by atoms with E-state index in [9.17, 15) is 4.39 Å². The van der Waals surface area contributed by atoms with E-state index in [1.807, 2.05) is 13.0 Å². The Balaban J connectivity index is 1.92. The Hall–Kier alpha value is -0.890. The summed E-state index contributed by atoms with van der Waals surface area (Å²) in [7, 11) is 0. The van der Waals surface area contributed by atoms with Gasteiger partial charge in [-0.1, -0.05) is 25.8 Å². The Morgan fingerprint density at radius 3 is 2.76 bits per heavy atom. The van der Waals surface area contributed by atoms with Gasteiger partial charge in [0, 0.05) is 12.6 Å². The van der Waals surface area contributed by atoms with Gasteiger partial charge < -0.3 is 5.32 Å². The molecule has 2 unspecified atom stereocenters. The predicted octanol–water partition coefficient (Wildman–Crippen LogP) is 3.80. The van der Waals surface area contributed by atoms with Gasteiger partial charge in [0.2, 0.25) is 0 Å². The van der Waals surface area contributed by atoms with Gasteiger partial charge in [0.25, 0.3) is 0 Å². The van der Waals surface area contributed by atoms with Crippen molar-refractivity contribution in [2.45, 2.75) is 52.1 Å². The molecule has 2 atom stereocenters. The highest BCUT2D eigenvalue weighted by atomic mass is 19.1. The molecule has 0 radical (unpaired) electrons. The summed E-state index contributed by atoms with van der Waals surface area (Å²) in [5.41, 5.74) is 2.25. The molecule has 1 nitrogen and oxygen atoms in total. The van der Waals surface area contributed by atoms with E-state index in [-0.39, 0.29) is 5.82 Å². The topological polar surface area (TPSA) is 12.0 Å². The molecule has 1 fully saturated rings. The van der Waals surface area contributed by atoms with Crippen molar-refractivity contribution < 1.29 is 4.39 Å². The van der Waals surface area contributed by atoms with E-state index in [1.165, 1.54) is 31.2 Å². The largest absolute Gasteiger partial charge is 0.310 e. The van der Waals surface area contributed by atoms with Gasteiger partial charge in [-0.25, -0.2) is 4.39 Å². The van der Waals surface area contributed by atoms with Gasteiger partial charge in [0.05, 0.1) is 0 Å². The van der Waals surface area contributed by atoms with E-state index >= 15 is 0 Å². The number of hydrogen-bond donors (Lipinski definition) is 1. The zero-order valence-corrected chi connectivity index (χ0v) is 10.8.